The molecule has 0 N–H and O–H groups in total. The first-order valence-corrected chi connectivity index (χ1v) is 7.88. The molecule has 0 unspecified atom stereocenters. The molecular formula is C18H21F2NO2. The Morgan fingerprint density at radius 1 is 1.22 bits per heavy atom. The Hall–Kier alpha value is -1.72. The van der Waals surface area contributed by atoms with Gasteiger partial charge < -0.3 is 14.4 Å². The molecule has 0 amide bonds. The second-order valence-electron chi connectivity index (χ2n) is 5.83. The van der Waals surface area contributed by atoms with Gasteiger partial charge in [0.15, 0.2) is 0 Å². The summed E-state index contributed by atoms with van der Waals surface area (Å²) in [5.41, 5.74) is 1.22. The van der Waals surface area contributed by atoms with Crippen LogP contribution in [-0.4, -0.2) is 44.4 Å². The number of fused-ring (bicyclic) bond motifs is 1. The Kier molecular flexibility index (Phi) is 5.08. The van der Waals surface area contributed by atoms with Crippen molar-refractivity contribution < 1.29 is 18.3 Å². The summed E-state index contributed by atoms with van der Waals surface area (Å²) in [4.78, 5) is 2.18. The molecule has 23 heavy (non-hydrogen) atoms. The maximum Gasteiger partial charge on any atom is 0.345 e. The molecule has 1 heterocycles. The summed E-state index contributed by atoms with van der Waals surface area (Å²) in [6.45, 7) is -0.464. The maximum absolute atomic E-state index is 12.3. The van der Waals surface area contributed by atoms with E-state index in [4.69, 9.17) is 4.74 Å². The number of ether oxygens (including phenoxy) is 2. The number of hydrogen-bond donors (Lipinski definition) is 0. The quantitative estimate of drug-likeness (QED) is 0.810. The van der Waals surface area contributed by atoms with Gasteiger partial charge in [0.1, 0.15) is 5.75 Å². The third kappa shape index (κ3) is 3.79. The highest BCUT2D eigenvalue weighted by Crippen LogP contribution is 2.29. The Balaban J connectivity index is 1.68. The van der Waals surface area contributed by atoms with Crippen molar-refractivity contribution in [1.29, 1.82) is 0 Å². The summed E-state index contributed by atoms with van der Waals surface area (Å²) in [7, 11) is 1.68. The van der Waals surface area contributed by atoms with E-state index in [9.17, 15) is 8.78 Å². The van der Waals surface area contributed by atoms with Crippen LogP contribution in [-0.2, 0) is 11.2 Å². The molecule has 1 fully saturated rings. The summed E-state index contributed by atoms with van der Waals surface area (Å²) in [6.07, 6.45) is 1.18. The number of methoxy groups -OCH3 is 1. The third-order valence-electron chi connectivity index (χ3n) is 4.39. The highest BCUT2D eigenvalue weighted by atomic mass is 19.3. The first kappa shape index (κ1) is 16.1. The van der Waals surface area contributed by atoms with E-state index in [0.29, 0.717) is 13.0 Å². The van der Waals surface area contributed by atoms with E-state index in [-0.39, 0.29) is 6.10 Å². The monoisotopic (exact) mass is 321 g/mol. The normalized spacial score (nSPS) is 18.9. The predicted molar refractivity (Wildman–Crippen MR) is 86.1 cm³/mol. The Morgan fingerprint density at radius 3 is 2.74 bits per heavy atom. The molecule has 0 spiro atoms. The largest absolute Gasteiger partial charge is 0.496 e. The lowest BCUT2D eigenvalue weighted by molar-refractivity contribution is -0.158. The molecule has 2 aromatic carbocycles. The Morgan fingerprint density at radius 2 is 2.00 bits per heavy atom. The Bertz CT molecular complexity index is 657. The molecule has 3 nitrogen and oxygen atoms in total. The van der Waals surface area contributed by atoms with E-state index in [2.05, 4.69) is 27.8 Å². The molecule has 2 aromatic rings. The van der Waals surface area contributed by atoms with Gasteiger partial charge in [0.05, 0.1) is 13.2 Å². The van der Waals surface area contributed by atoms with Crippen LogP contribution in [0.3, 0.4) is 0 Å². The number of hydrogen-bond acceptors (Lipinski definition) is 3. The van der Waals surface area contributed by atoms with E-state index in [0.717, 1.165) is 36.0 Å². The van der Waals surface area contributed by atoms with Crippen molar-refractivity contribution in [2.75, 3.05) is 26.7 Å². The molecular weight excluding hydrogens is 300 g/mol. The minimum Gasteiger partial charge on any atom is -0.496 e. The number of nitrogens with zero attached hydrogens (tertiary/aromatic N) is 1. The van der Waals surface area contributed by atoms with E-state index in [1.807, 2.05) is 18.2 Å². The number of likely N-dealkylation sites (tertiary alicyclic amines) is 1. The molecule has 5 heteroatoms. The van der Waals surface area contributed by atoms with Gasteiger partial charge in [0.2, 0.25) is 0 Å². The summed E-state index contributed by atoms with van der Waals surface area (Å²) >= 11 is 0. The van der Waals surface area contributed by atoms with Crippen LogP contribution in [0.5, 0.6) is 5.75 Å². The zero-order valence-electron chi connectivity index (χ0n) is 13.2. The smallest absolute Gasteiger partial charge is 0.345 e. The van der Waals surface area contributed by atoms with Crippen LogP contribution in [0.4, 0.5) is 8.78 Å². The molecule has 3 rings (SSSR count). The third-order valence-corrected chi connectivity index (χ3v) is 4.39. The minimum atomic E-state index is -2.68. The van der Waals surface area contributed by atoms with Crippen LogP contribution >= 0.6 is 0 Å². The van der Waals surface area contributed by atoms with Crippen molar-refractivity contribution in [2.45, 2.75) is 25.6 Å². The lowest BCUT2D eigenvalue weighted by Gasteiger charge is -2.17. The van der Waals surface area contributed by atoms with Crippen molar-refractivity contribution in [3.8, 4) is 5.75 Å². The van der Waals surface area contributed by atoms with Crippen LogP contribution < -0.4 is 4.74 Å². The van der Waals surface area contributed by atoms with Gasteiger partial charge in [-0.15, -0.1) is 0 Å². The highest BCUT2D eigenvalue weighted by molar-refractivity contribution is 5.91. The van der Waals surface area contributed by atoms with Gasteiger partial charge >= 0.3 is 6.61 Å². The zero-order valence-corrected chi connectivity index (χ0v) is 13.2. The molecule has 0 bridgehead atoms. The molecule has 1 aliphatic rings. The number of halogens is 2. The second kappa shape index (κ2) is 7.23. The van der Waals surface area contributed by atoms with E-state index < -0.39 is 6.61 Å². The fourth-order valence-corrected chi connectivity index (χ4v) is 3.30. The van der Waals surface area contributed by atoms with E-state index in [1.165, 1.54) is 5.56 Å². The Labute approximate surface area is 134 Å². The first-order valence-electron chi connectivity index (χ1n) is 7.88. The average Bonchev–Trinajstić information content (AvgIpc) is 2.98. The van der Waals surface area contributed by atoms with Crippen molar-refractivity contribution >= 4 is 10.8 Å². The molecule has 1 atom stereocenters. The first-order chi connectivity index (χ1) is 11.2. The van der Waals surface area contributed by atoms with E-state index >= 15 is 0 Å². The highest BCUT2D eigenvalue weighted by Gasteiger charge is 2.25. The summed E-state index contributed by atoms with van der Waals surface area (Å²) in [5.74, 6) is 0.874. The maximum atomic E-state index is 12.3. The van der Waals surface area contributed by atoms with Crippen LogP contribution in [0.2, 0.25) is 0 Å². The SMILES string of the molecule is COc1cccc2cccc(CCN3CC[C@H](OC(F)F)C3)c12. The van der Waals surface area contributed by atoms with Crippen molar-refractivity contribution in [1.82, 2.24) is 4.90 Å². The molecule has 0 radical (unpaired) electrons. The van der Waals surface area contributed by atoms with Crippen LogP contribution in [0.1, 0.15) is 12.0 Å². The topological polar surface area (TPSA) is 21.7 Å². The van der Waals surface area contributed by atoms with Gasteiger partial charge in [-0.2, -0.15) is 8.78 Å². The zero-order chi connectivity index (χ0) is 16.2. The molecule has 0 saturated carbocycles. The molecule has 0 aliphatic carbocycles. The average molecular weight is 321 g/mol. The van der Waals surface area contributed by atoms with E-state index in [1.54, 1.807) is 7.11 Å². The standard InChI is InChI=1S/C18H21F2NO2/c1-22-16-7-3-6-13-4-2-5-14(17(13)16)8-10-21-11-9-15(12-21)23-18(19)20/h2-7,15,18H,8-12H2,1H3/t15-/m0/s1. The minimum absolute atomic E-state index is 0.350. The summed E-state index contributed by atoms with van der Waals surface area (Å²) in [6, 6.07) is 12.2. The van der Waals surface area contributed by atoms with Crippen molar-refractivity contribution in [3.05, 3.63) is 42.0 Å². The molecule has 1 aliphatic heterocycles. The lowest BCUT2D eigenvalue weighted by Crippen LogP contribution is -2.26. The van der Waals surface area contributed by atoms with Crippen LogP contribution in [0.15, 0.2) is 36.4 Å². The van der Waals surface area contributed by atoms with Gasteiger partial charge in [-0.3, -0.25) is 0 Å². The van der Waals surface area contributed by atoms with Gasteiger partial charge in [0, 0.05) is 25.0 Å². The molecule has 1 saturated heterocycles. The summed E-state index contributed by atoms with van der Waals surface area (Å²) in [5, 5.41) is 2.29. The van der Waals surface area contributed by atoms with Gasteiger partial charge in [-0.05, 0) is 29.9 Å². The van der Waals surface area contributed by atoms with Crippen molar-refractivity contribution in [3.63, 3.8) is 0 Å². The number of rotatable bonds is 6. The predicted octanol–water partition coefficient (Wildman–Crippen LogP) is 3.70. The number of benzene rings is 2. The fourth-order valence-electron chi connectivity index (χ4n) is 3.30. The molecule has 124 valence electrons. The lowest BCUT2D eigenvalue weighted by atomic mass is 10.0. The van der Waals surface area contributed by atoms with Crippen LogP contribution in [0, 0.1) is 0 Å². The van der Waals surface area contributed by atoms with Crippen LogP contribution in [0.25, 0.3) is 10.8 Å². The second-order valence-corrected chi connectivity index (χ2v) is 5.83. The summed E-state index contributed by atoms with van der Waals surface area (Å²) < 4.78 is 34.6. The van der Waals surface area contributed by atoms with Gasteiger partial charge in [-0.25, -0.2) is 0 Å². The van der Waals surface area contributed by atoms with Gasteiger partial charge in [-0.1, -0.05) is 30.3 Å². The van der Waals surface area contributed by atoms with Crippen molar-refractivity contribution in [2.24, 2.45) is 0 Å². The van der Waals surface area contributed by atoms with Gasteiger partial charge in [0.25, 0.3) is 0 Å². The molecule has 0 aromatic heterocycles. The fraction of sp³-hybridized carbons (Fsp3) is 0.444. The number of alkyl halides is 2.